The van der Waals surface area contributed by atoms with E-state index in [4.69, 9.17) is 4.74 Å². The Bertz CT molecular complexity index is 372. The van der Waals surface area contributed by atoms with Gasteiger partial charge in [0.05, 0.1) is 5.92 Å². The number of carbonyl (C=O) groups is 1. The molecule has 114 valence electrons. The second kappa shape index (κ2) is 6.32. The minimum Gasteiger partial charge on any atom is -0.459 e. The molecule has 2 nitrogen and oxygen atoms in total. The normalized spacial score (nSPS) is 34.0. The van der Waals surface area contributed by atoms with Gasteiger partial charge in [-0.3, -0.25) is 4.79 Å². The van der Waals surface area contributed by atoms with Crippen LogP contribution in [0.5, 0.6) is 0 Å². The van der Waals surface area contributed by atoms with Gasteiger partial charge in [0.15, 0.2) is 0 Å². The van der Waals surface area contributed by atoms with Crippen LogP contribution in [0.1, 0.15) is 66.2 Å². The van der Waals surface area contributed by atoms with Crippen LogP contribution in [0, 0.1) is 23.7 Å². The maximum Gasteiger partial charge on any atom is 0.309 e. The van der Waals surface area contributed by atoms with Gasteiger partial charge in [0, 0.05) is 0 Å². The van der Waals surface area contributed by atoms with Crippen molar-refractivity contribution in [1.29, 1.82) is 0 Å². The molecule has 0 spiro atoms. The van der Waals surface area contributed by atoms with E-state index in [2.05, 4.69) is 32.9 Å². The summed E-state index contributed by atoms with van der Waals surface area (Å²) in [4.78, 5) is 12.3. The molecule has 2 aliphatic carbocycles. The Balaban J connectivity index is 1.78. The van der Waals surface area contributed by atoms with E-state index in [0.29, 0.717) is 11.8 Å². The van der Waals surface area contributed by atoms with Crippen LogP contribution < -0.4 is 0 Å². The molecule has 0 amide bonds. The molecule has 0 aliphatic heterocycles. The van der Waals surface area contributed by atoms with E-state index >= 15 is 0 Å². The Morgan fingerprint density at radius 3 is 2.50 bits per heavy atom. The van der Waals surface area contributed by atoms with Gasteiger partial charge in [0.2, 0.25) is 0 Å². The van der Waals surface area contributed by atoms with E-state index in [9.17, 15) is 4.79 Å². The summed E-state index contributed by atoms with van der Waals surface area (Å²) in [7, 11) is 0. The molecule has 0 aromatic carbocycles. The van der Waals surface area contributed by atoms with Gasteiger partial charge in [-0.15, -0.1) is 0 Å². The van der Waals surface area contributed by atoms with Gasteiger partial charge in [0.1, 0.15) is 5.60 Å². The monoisotopic (exact) mass is 278 g/mol. The molecule has 2 saturated carbocycles. The van der Waals surface area contributed by atoms with E-state index in [1.807, 2.05) is 6.92 Å². The standard InChI is InChI=1S/C18H30O2/c1-13(2)7-5-6-8-14(3)17(19)20-18(4)12-15-9-10-16(18)11-15/h5-6,13-16H,7-12H2,1-4H3/b6-5-. The fourth-order valence-corrected chi connectivity index (χ4v) is 3.78. The molecule has 4 unspecified atom stereocenters. The van der Waals surface area contributed by atoms with E-state index in [0.717, 1.165) is 25.2 Å². The molecule has 2 aliphatic rings. The lowest BCUT2D eigenvalue weighted by atomic mass is 9.85. The second-order valence-corrected chi connectivity index (χ2v) is 7.55. The third kappa shape index (κ3) is 3.65. The topological polar surface area (TPSA) is 26.3 Å². The van der Waals surface area contributed by atoms with Crippen LogP contribution in [0.25, 0.3) is 0 Å². The molecule has 2 bridgehead atoms. The van der Waals surface area contributed by atoms with Crippen LogP contribution in [-0.4, -0.2) is 11.6 Å². The molecule has 0 saturated heterocycles. The van der Waals surface area contributed by atoms with Gasteiger partial charge in [0.25, 0.3) is 0 Å². The lowest BCUT2D eigenvalue weighted by Crippen LogP contribution is -2.38. The smallest absolute Gasteiger partial charge is 0.309 e. The highest BCUT2D eigenvalue weighted by atomic mass is 16.6. The summed E-state index contributed by atoms with van der Waals surface area (Å²) in [5, 5.41) is 0. The van der Waals surface area contributed by atoms with Crippen molar-refractivity contribution in [1.82, 2.24) is 0 Å². The van der Waals surface area contributed by atoms with Gasteiger partial charge >= 0.3 is 5.97 Å². The summed E-state index contributed by atoms with van der Waals surface area (Å²) < 4.78 is 5.90. The minimum absolute atomic E-state index is 0.00533. The first kappa shape index (κ1) is 15.6. The van der Waals surface area contributed by atoms with E-state index in [1.165, 1.54) is 19.3 Å². The Morgan fingerprint density at radius 2 is 1.95 bits per heavy atom. The quantitative estimate of drug-likeness (QED) is 0.518. The Labute approximate surface area is 124 Å². The molecule has 2 rings (SSSR count). The molecule has 20 heavy (non-hydrogen) atoms. The molecular formula is C18H30O2. The highest BCUT2D eigenvalue weighted by Gasteiger charge is 2.50. The molecule has 0 radical (unpaired) electrons. The lowest BCUT2D eigenvalue weighted by molar-refractivity contribution is -0.167. The van der Waals surface area contributed by atoms with Crippen LogP contribution in [0.4, 0.5) is 0 Å². The van der Waals surface area contributed by atoms with E-state index in [1.54, 1.807) is 0 Å². The fraction of sp³-hybridized carbons (Fsp3) is 0.833. The van der Waals surface area contributed by atoms with Crippen molar-refractivity contribution in [2.45, 2.75) is 71.8 Å². The number of hydrogen-bond donors (Lipinski definition) is 0. The SMILES string of the molecule is CC(C)C/C=C\CC(C)C(=O)OC1(C)CC2CCC1C2. The number of ether oxygens (including phenoxy) is 1. The molecule has 0 N–H and O–H groups in total. The predicted molar refractivity (Wildman–Crippen MR) is 82.3 cm³/mol. The van der Waals surface area contributed by atoms with Crippen molar-refractivity contribution < 1.29 is 9.53 Å². The van der Waals surface area contributed by atoms with Crippen LogP contribution in [0.15, 0.2) is 12.2 Å². The van der Waals surface area contributed by atoms with Crippen molar-refractivity contribution in [3.05, 3.63) is 12.2 Å². The van der Waals surface area contributed by atoms with Crippen molar-refractivity contribution >= 4 is 5.97 Å². The third-order valence-electron chi connectivity index (χ3n) is 5.10. The van der Waals surface area contributed by atoms with Crippen molar-refractivity contribution in [3.8, 4) is 0 Å². The first-order chi connectivity index (χ1) is 9.40. The number of hydrogen-bond acceptors (Lipinski definition) is 2. The summed E-state index contributed by atoms with van der Waals surface area (Å²) >= 11 is 0. The minimum atomic E-state index is -0.171. The van der Waals surface area contributed by atoms with Crippen molar-refractivity contribution in [2.24, 2.45) is 23.7 Å². The molecule has 0 aromatic heterocycles. The van der Waals surface area contributed by atoms with Gasteiger partial charge in [-0.2, -0.15) is 0 Å². The van der Waals surface area contributed by atoms with Crippen molar-refractivity contribution in [3.63, 3.8) is 0 Å². The largest absolute Gasteiger partial charge is 0.459 e. The summed E-state index contributed by atoms with van der Waals surface area (Å²) in [6.07, 6.45) is 11.1. The number of rotatable bonds is 6. The first-order valence-electron chi connectivity index (χ1n) is 8.28. The predicted octanol–water partition coefficient (Wildman–Crippen LogP) is 4.74. The molecule has 2 fully saturated rings. The van der Waals surface area contributed by atoms with E-state index < -0.39 is 0 Å². The maximum atomic E-state index is 12.3. The highest BCUT2D eigenvalue weighted by Crippen LogP contribution is 2.52. The summed E-state index contributed by atoms with van der Waals surface area (Å²) in [5.41, 5.74) is -0.171. The van der Waals surface area contributed by atoms with E-state index in [-0.39, 0.29) is 17.5 Å². The zero-order chi connectivity index (χ0) is 14.8. The number of carbonyl (C=O) groups excluding carboxylic acids is 1. The second-order valence-electron chi connectivity index (χ2n) is 7.55. The lowest BCUT2D eigenvalue weighted by Gasteiger charge is -2.34. The van der Waals surface area contributed by atoms with Gasteiger partial charge in [-0.05, 0) is 63.2 Å². The summed E-state index contributed by atoms with van der Waals surface area (Å²) in [5.74, 6) is 2.07. The third-order valence-corrected chi connectivity index (χ3v) is 5.10. The van der Waals surface area contributed by atoms with Gasteiger partial charge in [-0.1, -0.05) is 32.9 Å². The first-order valence-corrected chi connectivity index (χ1v) is 8.28. The molecule has 4 atom stereocenters. The molecular weight excluding hydrogens is 248 g/mol. The van der Waals surface area contributed by atoms with Crippen molar-refractivity contribution in [2.75, 3.05) is 0 Å². The number of allylic oxidation sites excluding steroid dienone is 2. The van der Waals surface area contributed by atoms with Gasteiger partial charge in [-0.25, -0.2) is 0 Å². The number of fused-ring (bicyclic) bond motifs is 2. The molecule has 0 aromatic rings. The fourth-order valence-electron chi connectivity index (χ4n) is 3.78. The Morgan fingerprint density at radius 1 is 1.25 bits per heavy atom. The molecule has 2 heteroatoms. The Kier molecular flexibility index (Phi) is 4.93. The van der Waals surface area contributed by atoms with Gasteiger partial charge < -0.3 is 4.74 Å². The average Bonchev–Trinajstić information content (AvgIpc) is 2.93. The van der Waals surface area contributed by atoms with Crippen LogP contribution in [-0.2, 0) is 9.53 Å². The maximum absolute atomic E-state index is 12.3. The number of esters is 1. The summed E-state index contributed by atoms with van der Waals surface area (Å²) in [6.45, 7) is 8.55. The van der Waals surface area contributed by atoms with Crippen LogP contribution in [0.2, 0.25) is 0 Å². The van der Waals surface area contributed by atoms with Crippen LogP contribution >= 0.6 is 0 Å². The molecule has 0 heterocycles. The highest BCUT2D eigenvalue weighted by molar-refractivity contribution is 5.72. The summed E-state index contributed by atoms with van der Waals surface area (Å²) in [6, 6.07) is 0. The zero-order valence-electron chi connectivity index (χ0n) is 13.5. The van der Waals surface area contributed by atoms with Crippen LogP contribution in [0.3, 0.4) is 0 Å². The Hall–Kier alpha value is -0.790. The zero-order valence-corrected chi connectivity index (χ0v) is 13.5. The average molecular weight is 278 g/mol.